The monoisotopic (exact) mass is 290 g/mol. The van der Waals surface area contributed by atoms with Crippen LogP contribution in [0.3, 0.4) is 0 Å². The lowest BCUT2D eigenvalue weighted by Gasteiger charge is -2.18. The van der Waals surface area contributed by atoms with Crippen molar-refractivity contribution in [3.8, 4) is 0 Å². The summed E-state index contributed by atoms with van der Waals surface area (Å²) in [5, 5.41) is 12.9. The first-order valence-corrected chi connectivity index (χ1v) is 7.52. The second-order valence-electron chi connectivity index (χ2n) is 5.27. The highest BCUT2D eigenvalue weighted by Crippen LogP contribution is 2.22. The number of hydrogen-bond acceptors (Lipinski definition) is 3. The minimum Gasteiger partial charge on any atom is -0.314 e. The molecule has 0 fully saturated rings. The standard InChI is InChI=1S/C15H19ClN4/c1-11(12-6-2-3-7-13(12)16)17-10-15-19-18-14-8-4-5-9-20(14)15/h2-3,6-7,11,17H,4-5,8-10H2,1H3/t11-/m0/s1. The maximum absolute atomic E-state index is 6.22. The lowest BCUT2D eigenvalue weighted by atomic mass is 10.1. The average molecular weight is 291 g/mol. The molecule has 20 heavy (non-hydrogen) atoms. The third kappa shape index (κ3) is 2.72. The summed E-state index contributed by atoms with van der Waals surface area (Å²) in [6.07, 6.45) is 3.49. The Morgan fingerprint density at radius 2 is 2.15 bits per heavy atom. The van der Waals surface area contributed by atoms with Crippen molar-refractivity contribution >= 4 is 11.6 Å². The molecule has 3 rings (SSSR count). The van der Waals surface area contributed by atoms with Gasteiger partial charge in [0.2, 0.25) is 0 Å². The molecule has 4 nitrogen and oxygen atoms in total. The van der Waals surface area contributed by atoms with Gasteiger partial charge in [-0.1, -0.05) is 29.8 Å². The van der Waals surface area contributed by atoms with Crippen molar-refractivity contribution in [1.82, 2.24) is 20.1 Å². The fraction of sp³-hybridized carbons (Fsp3) is 0.467. The summed E-state index contributed by atoms with van der Waals surface area (Å²) in [4.78, 5) is 0. The molecule has 0 spiro atoms. The molecule has 1 atom stereocenters. The van der Waals surface area contributed by atoms with E-state index in [9.17, 15) is 0 Å². The highest BCUT2D eigenvalue weighted by molar-refractivity contribution is 6.31. The van der Waals surface area contributed by atoms with Crippen LogP contribution in [0.25, 0.3) is 0 Å². The first kappa shape index (κ1) is 13.6. The van der Waals surface area contributed by atoms with Gasteiger partial charge in [-0.25, -0.2) is 0 Å². The molecule has 0 unspecified atom stereocenters. The Morgan fingerprint density at radius 3 is 3.00 bits per heavy atom. The fourth-order valence-corrected chi connectivity index (χ4v) is 2.98. The topological polar surface area (TPSA) is 42.7 Å². The van der Waals surface area contributed by atoms with Crippen LogP contribution in [-0.4, -0.2) is 14.8 Å². The molecule has 0 saturated carbocycles. The molecule has 0 radical (unpaired) electrons. The van der Waals surface area contributed by atoms with E-state index in [2.05, 4.69) is 33.1 Å². The normalized spacial score (nSPS) is 15.9. The molecule has 5 heteroatoms. The molecule has 0 aliphatic carbocycles. The Labute approximate surface area is 124 Å². The van der Waals surface area contributed by atoms with Crippen molar-refractivity contribution < 1.29 is 0 Å². The minimum absolute atomic E-state index is 0.195. The van der Waals surface area contributed by atoms with Gasteiger partial charge >= 0.3 is 0 Å². The quantitative estimate of drug-likeness (QED) is 0.941. The Morgan fingerprint density at radius 1 is 1.30 bits per heavy atom. The molecular weight excluding hydrogens is 272 g/mol. The smallest absolute Gasteiger partial charge is 0.147 e. The van der Waals surface area contributed by atoms with Crippen LogP contribution in [0, 0.1) is 0 Å². The lowest BCUT2D eigenvalue weighted by molar-refractivity contribution is 0.484. The highest BCUT2D eigenvalue weighted by atomic mass is 35.5. The maximum Gasteiger partial charge on any atom is 0.147 e. The van der Waals surface area contributed by atoms with Crippen molar-refractivity contribution in [2.45, 2.75) is 45.3 Å². The Kier molecular flexibility index (Phi) is 4.03. The van der Waals surface area contributed by atoms with Crippen LogP contribution in [0.4, 0.5) is 0 Å². The van der Waals surface area contributed by atoms with Crippen molar-refractivity contribution in [2.75, 3.05) is 0 Å². The predicted octanol–water partition coefficient (Wildman–Crippen LogP) is 3.12. The number of nitrogens with zero attached hydrogens (tertiary/aromatic N) is 3. The number of benzene rings is 1. The number of aryl methyl sites for hydroxylation is 1. The number of hydrogen-bond donors (Lipinski definition) is 1. The molecule has 1 aliphatic heterocycles. The van der Waals surface area contributed by atoms with Gasteiger partial charge in [0.15, 0.2) is 0 Å². The molecule has 1 aromatic heterocycles. The van der Waals surface area contributed by atoms with Gasteiger partial charge in [0.25, 0.3) is 0 Å². The van der Waals surface area contributed by atoms with Crippen LogP contribution in [0.5, 0.6) is 0 Å². The summed E-state index contributed by atoms with van der Waals surface area (Å²) < 4.78 is 2.25. The van der Waals surface area contributed by atoms with Gasteiger partial charge in [-0.3, -0.25) is 0 Å². The third-order valence-electron chi connectivity index (χ3n) is 3.87. The van der Waals surface area contributed by atoms with E-state index in [0.29, 0.717) is 0 Å². The number of halogens is 1. The van der Waals surface area contributed by atoms with Crippen molar-refractivity contribution in [2.24, 2.45) is 0 Å². The molecule has 1 aliphatic rings. The average Bonchev–Trinajstić information content (AvgIpc) is 2.88. The van der Waals surface area contributed by atoms with Gasteiger partial charge in [-0.15, -0.1) is 10.2 Å². The number of aromatic nitrogens is 3. The van der Waals surface area contributed by atoms with Crippen molar-refractivity contribution in [3.63, 3.8) is 0 Å². The van der Waals surface area contributed by atoms with Crippen molar-refractivity contribution in [3.05, 3.63) is 46.5 Å². The fourth-order valence-electron chi connectivity index (χ4n) is 2.68. The van der Waals surface area contributed by atoms with Crippen LogP contribution >= 0.6 is 11.6 Å². The second kappa shape index (κ2) is 5.94. The summed E-state index contributed by atoms with van der Waals surface area (Å²) in [5.41, 5.74) is 1.12. The van der Waals surface area contributed by atoms with E-state index in [1.165, 1.54) is 12.8 Å². The number of fused-ring (bicyclic) bond motifs is 1. The van der Waals surface area contributed by atoms with Crippen LogP contribution in [0.1, 0.15) is 43.0 Å². The minimum atomic E-state index is 0.195. The summed E-state index contributed by atoms with van der Waals surface area (Å²) in [6.45, 7) is 3.88. The Balaban J connectivity index is 1.68. The lowest BCUT2D eigenvalue weighted by Crippen LogP contribution is -2.22. The maximum atomic E-state index is 6.22. The zero-order chi connectivity index (χ0) is 13.9. The Hall–Kier alpha value is -1.39. The zero-order valence-corrected chi connectivity index (χ0v) is 12.4. The largest absolute Gasteiger partial charge is 0.314 e. The summed E-state index contributed by atoms with van der Waals surface area (Å²) in [5.74, 6) is 2.15. The first-order valence-electron chi connectivity index (χ1n) is 7.14. The van der Waals surface area contributed by atoms with Gasteiger partial charge in [-0.05, 0) is 31.4 Å². The molecule has 0 saturated heterocycles. The van der Waals surface area contributed by atoms with Gasteiger partial charge < -0.3 is 9.88 Å². The molecule has 0 bridgehead atoms. The molecule has 1 N–H and O–H groups in total. The molecule has 2 aromatic rings. The van der Waals surface area contributed by atoms with Crippen LogP contribution in [0.2, 0.25) is 5.02 Å². The van der Waals surface area contributed by atoms with Crippen LogP contribution in [0.15, 0.2) is 24.3 Å². The van der Waals surface area contributed by atoms with Gasteiger partial charge in [0.1, 0.15) is 11.6 Å². The number of rotatable bonds is 4. The molecule has 0 amide bonds. The predicted molar refractivity (Wildman–Crippen MR) is 79.7 cm³/mol. The Bertz CT molecular complexity index is 593. The van der Waals surface area contributed by atoms with Crippen LogP contribution < -0.4 is 5.32 Å². The summed E-state index contributed by atoms with van der Waals surface area (Å²) in [6, 6.07) is 8.14. The van der Waals surface area contributed by atoms with E-state index < -0.39 is 0 Å². The van der Waals surface area contributed by atoms with E-state index in [4.69, 9.17) is 11.6 Å². The van der Waals surface area contributed by atoms with Gasteiger partial charge in [-0.2, -0.15) is 0 Å². The zero-order valence-electron chi connectivity index (χ0n) is 11.6. The van der Waals surface area contributed by atoms with E-state index >= 15 is 0 Å². The van der Waals surface area contributed by atoms with E-state index in [0.717, 1.165) is 41.7 Å². The first-order chi connectivity index (χ1) is 9.75. The highest BCUT2D eigenvalue weighted by Gasteiger charge is 2.16. The van der Waals surface area contributed by atoms with Crippen LogP contribution in [-0.2, 0) is 19.5 Å². The van der Waals surface area contributed by atoms with Gasteiger partial charge in [0, 0.05) is 24.0 Å². The SMILES string of the molecule is C[C@H](NCc1nnc2n1CCCC2)c1ccccc1Cl. The molecule has 1 aromatic carbocycles. The second-order valence-corrected chi connectivity index (χ2v) is 5.67. The van der Waals surface area contributed by atoms with E-state index in [-0.39, 0.29) is 6.04 Å². The molecular formula is C15H19ClN4. The van der Waals surface area contributed by atoms with E-state index in [1.807, 2.05) is 18.2 Å². The third-order valence-corrected chi connectivity index (χ3v) is 4.22. The molecule has 106 valence electrons. The van der Waals surface area contributed by atoms with Crippen molar-refractivity contribution in [1.29, 1.82) is 0 Å². The van der Waals surface area contributed by atoms with Gasteiger partial charge in [0.05, 0.1) is 6.54 Å². The van der Waals surface area contributed by atoms with E-state index in [1.54, 1.807) is 0 Å². The summed E-state index contributed by atoms with van der Waals surface area (Å²) >= 11 is 6.22. The summed E-state index contributed by atoms with van der Waals surface area (Å²) in [7, 11) is 0. The molecule has 2 heterocycles. The number of nitrogens with one attached hydrogen (secondary N) is 1.